The molecule has 1 heterocycles. The highest BCUT2D eigenvalue weighted by Crippen LogP contribution is 2.50. The van der Waals surface area contributed by atoms with E-state index >= 15 is 0 Å². The Labute approximate surface area is 124 Å². The number of anilines is 1. The number of carbonyl (C=O) groups is 1. The number of amides is 1. The first kappa shape index (κ1) is 12.7. The van der Waals surface area contributed by atoms with Gasteiger partial charge >= 0.3 is 0 Å². The highest BCUT2D eigenvalue weighted by Gasteiger charge is 2.45. The first-order valence-corrected chi connectivity index (χ1v) is 8.04. The van der Waals surface area contributed by atoms with Crippen LogP contribution >= 0.6 is 31.9 Å². The van der Waals surface area contributed by atoms with Gasteiger partial charge < -0.3 is 4.90 Å². The first-order chi connectivity index (χ1) is 8.59. The van der Waals surface area contributed by atoms with Crippen molar-refractivity contribution in [3.05, 3.63) is 28.2 Å². The maximum Gasteiger partial charge on any atom is 0.224 e. The molecule has 0 spiro atoms. The summed E-state index contributed by atoms with van der Waals surface area (Å²) in [7, 11) is 0. The lowest BCUT2D eigenvalue weighted by Crippen LogP contribution is -2.45. The van der Waals surface area contributed by atoms with Gasteiger partial charge in [-0.2, -0.15) is 0 Å². The molecule has 0 saturated heterocycles. The van der Waals surface area contributed by atoms with E-state index in [1.54, 1.807) is 6.92 Å². The summed E-state index contributed by atoms with van der Waals surface area (Å²) in [5, 5.41) is 0. The van der Waals surface area contributed by atoms with Crippen LogP contribution in [-0.4, -0.2) is 16.8 Å². The Kier molecular flexibility index (Phi) is 3.27. The molecule has 1 aliphatic heterocycles. The van der Waals surface area contributed by atoms with Gasteiger partial charge in [-0.05, 0) is 36.6 Å². The molecule has 18 heavy (non-hydrogen) atoms. The molecule has 2 aliphatic rings. The molecule has 0 bridgehead atoms. The number of hydrogen-bond acceptors (Lipinski definition) is 1. The van der Waals surface area contributed by atoms with Crippen LogP contribution in [0.4, 0.5) is 5.69 Å². The highest BCUT2D eigenvalue weighted by molar-refractivity contribution is 9.10. The van der Waals surface area contributed by atoms with Gasteiger partial charge in [0.05, 0.1) is 6.04 Å². The van der Waals surface area contributed by atoms with Crippen LogP contribution in [0.25, 0.3) is 0 Å². The van der Waals surface area contributed by atoms with Crippen molar-refractivity contribution < 1.29 is 4.79 Å². The van der Waals surface area contributed by atoms with E-state index in [1.807, 2.05) is 11.0 Å². The molecule has 1 aromatic carbocycles. The van der Waals surface area contributed by atoms with Crippen molar-refractivity contribution in [2.75, 3.05) is 4.90 Å². The van der Waals surface area contributed by atoms with E-state index in [-0.39, 0.29) is 5.91 Å². The van der Waals surface area contributed by atoms with Gasteiger partial charge in [-0.25, -0.2) is 0 Å². The van der Waals surface area contributed by atoms with Gasteiger partial charge in [-0.15, -0.1) is 0 Å². The second-order valence-corrected chi connectivity index (χ2v) is 7.23. The molecule has 3 unspecified atom stereocenters. The zero-order chi connectivity index (χ0) is 12.9. The lowest BCUT2D eigenvalue weighted by molar-refractivity contribution is -0.117. The quantitative estimate of drug-likeness (QED) is 0.624. The number of benzene rings is 1. The molecular formula is C14H15Br2NO. The van der Waals surface area contributed by atoms with Gasteiger partial charge in [0.25, 0.3) is 0 Å². The predicted molar refractivity (Wildman–Crippen MR) is 80.4 cm³/mol. The molecule has 4 heteroatoms. The summed E-state index contributed by atoms with van der Waals surface area (Å²) in [6, 6.07) is 6.57. The van der Waals surface area contributed by atoms with Crippen LogP contribution in [0.5, 0.6) is 0 Å². The molecule has 1 aromatic rings. The smallest absolute Gasteiger partial charge is 0.224 e. The molecular weight excluding hydrogens is 358 g/mol. The molecule has 1 saturated carbocycles. The Morgan fingerprint density at radius 1 is 1.39 bits per heavy atom. The third-order valence-electron chi connectivity index (χ3n) is 4.06. The highest BCUT2D eigenvalue weighted by atomic mass is 79.9. The van der Waals surface area contributed by atoms with Crippen molar-refractivity contribution in [1.82, 2.24) is 0 Å². The van der Waals surface area contributed by atoms with E-state index in [1.165, 1.54) is 18.4 Å². The molecule has 3 atom stereocenters. The van der Waals surface area contributed by atoms with Crippen LogP contribution in [0.15, 0.2) is 22.7 Å². The minimum atomic E-state index is 0.150. The number of rotatable bonds is 0. The van der Waals surface area contributed by atoms with Crippen LogP contribution in [0.3, 0.4) is 0 Å². The fourth-order valence-electron chi connectivity index (χ4n) is 3.39. The number of hydrogen-bond donors (Lipinski definition) is 0. The van der Waals surface area contributed by atoms with Gasteiger partial charge in [0.2, 0.25) is 5.91 Å². The molecule has 3 rings (SSSR count). The monoisotopic (exact) mass is 371 g/mol. The van der Waals surface area contributed by atoms with Crippen molar-refractivity contribution >= 4 is 43.5 Å². The lowest BCUT2D eigenvalue weighted by Gasteiger charge is -2.35. The number of alkyl halides is 1. The predicted octanol–water partition coefficient (Wildman–Crippen LogP) is 4.22. The summed E-state index contributed by atoms with van der Waals surface area (Å²) in [6.07, 6.45) is 3.56. The van der Waals surface area contributed by atoms with E-state index in [4.69, 9.17) is 0 Å². The lowest BCUT2D eigenvalue weighted by atomic mass is 9.82. The van der Waals surface area contributed by atoms with Gasteiger partial charge in [-0.1, -0.05) is 38.3 Å². The Morgan fingerprint density at radius 3 is 2.89 bits per heavy atom. The molecule has 2 nitrogen and oxygen atoms in total. The minimum Gasteiger partial charge on any atom is -0.308 e. The fourth-order valence-corrected chi connectivity index (χ4v) is 4.70. The molecule has 1 aliphatic carbocycles. The van der Waals surface area contributed by atoms with E-state index in [2.05, 4.69) is 44.0 Å². The van der Waals surface area contributed by atoms with Gasteiger partial charge in [-0.3, -0.25) is 4.79 Å². The number of nitrogens with zero attached hydrogens (tertiary/aromatic N) is 1. The molecule has 0 radical (unpaired) electrons. The summed E-state index contributed by atoms with van der Waals surface area (Å²) in [5.74, 6) is 0.636. The second kappa shape index (κ2) is 4.64. The summed E-state index contributed by atoms with van der Waals surface area (Å²) in [5.41, 5.74) is 2.43. The van der Waals surface area contributed by atoms with Crippen molar-refractivity contribution in [1.29, 1.82) is 0 Å². The molecule has 96 valence electrons. The van der Waals surface area contributed by atoms with Crippen molar-refractivity contribution in [3.63, 3.8) is 0 Å². The Hall–Kier alpha value is -0.350. The van der Waals surface area contributed by atoms with Crippen LogP contribution in [-0.2, 0) is 4.79 Å². The van der Waals surface area contributed by atoms with Crippen LogP contribution in [0.1, 0.15) is 37.7 Å². The second-order valence-electron chi connectivity index (χ2n) is 5.14. The van der Waals surface area contributed by atoms with Crippen LogP contribution in [0, 0.1) is 0 Å². The third kappa shape index (κ3) is 1.85. The van der Waals surface area contributed by atoms with Gasteiger partial charge in [0, 0.05) is 27.8 Å². The minimum absolute atomic E-state index is 0.150. The standard InChI is InChI=1S/C14H15Br2NO/c1-8(18)17-13-6-5-9(15)7-11(13)10-3-2-4-12(16)14(10)17/h5-7,10,12,14H,2-4H2,1H3. The van der Waals surface area contributed by atoms with Crippen molar-refractivity contribution in [2.45, 2.75) is 43.0 Å². The molecule has 0 N–H and O–H groups in total. The maximum absolute atomic E-state index is 12.0. The number of halogens is 2. The van der Waals surface area contributed by atoms with Crippen LogP contribution in [0.2, 0.25) is 0 Å². The Balaban J connectivity index is 2.13. The zero-order valence-corrected chi connectivity index (χ0v) is 13.4. The largest absolute Gasteiger partial charge is 0.308 e. The van der Waals surface area contributed by atoms with Crippen molar-refractivity contribution in [3.8, 4) is 0 Å². The van der Waals surface area contributed by atoms with Crippen LogP contribution < -0.4 is 4.90 Å². The van der Waals surface area contributed by atoms with E-state index < -0.39 is 0 Å². The average molecular weight is 373 g/mol. The van der Waals surface area contributed by atoms with E-state index in [0.29, 0.717) is 16.8 Å². The summed E-state index contributed by atoms with van der Waals surface area (Å²) >= 11 is 7.31. The zero-order valence-electron chi connectivity index (χ0n) is 10.2. The fraction of sp³-hybridized carbons (Fsp3) is 0.500. The number of fused-ring (bicyclic) bond motifs is 3. The molecule has 1 fully saturated rings. The van der Waals surface area contributed by atoms with Crippen molar-refractivity contribution in [2.24, 2.45) is 0 Å². The maximum atomic E-state index is 12.0. The van der Waals surface area contributed by atoms with E-state index in [0.717, 1.165) is 16.6 Å². The van der Waals surface area contributed by atoms with E-state index in [9.17, 15) is 4.79 Å². The van der Waals surface area contributed by atoms with Gasteiger partial charge in [0.1, 0.15) is 0 Å². The Morgan fingerprint density at radius 2 is 2.17 bits per heavy atom. The summed E-state index contributed by atoms with van der Waals surface area (Å²) in [6.45, 7) is 1.67. The Bertz CT molecular complexity index is 503. The summed E-state index contributed by atoms with van der Waals surface area (Å²) < 4.78 is 1.10. The topological polar surface area (TPSA) is 20.3 Å². The summed E-state index contributed by atoms with van der Waals surface area (Å²) in [4.78, 5) is 14.4. The third-order valence-corrected chi connectivity index (χ3v) is 5.56. The van der Waals surface area contributed by atoms with Gasteiger partial charge in [0.15, 0.2) is 0 Å². The molecule has 1 amide bonds. The number of carbonyl (C=O) groups excluding carboxylic acids is 1. The molecule has 0 aromatic heterocycles. The average Bonchev–Trinajstić information content (AvgIpc) is 2.65. The normalized spacial score (nSPS) is 29.9. The first-order valence-electron chi connectivity index (χ1n) is 6.33. The SMILES string of the molecule is CC(=O)N1c2ccc(Br)cc2C2CCCC(Br)C21.